The summed E-state index contributed by atoms with van der Waals surface area (Å²) in [5, 5.41) is 7.32. The molecule has 0 radical (unpaired) electrons. The van der Waals surface area contributed by atoms with Crippen molar-refractivity contribution in [3.05, 3.63) is 152 Å². The molecule has 0 bridgehead atoms. The van der Waals surface area contributed by atoms with E-state index in [4.69, 9.17) is 4.98 Å². The number of rotatable bonds is 3. The average Bonchev–Trinajstić information content (AvgIpc) is 3.57. The highest BCUT2D eigenvalue weighted by molar-refractivity contribution is 6.12. The van der Waals surface area contributed by atoms with Gasteiger partial charge in [0.25, 0.3) is 0 Å². The van der Waals surface area contributed by atoms with E-state index in [9.17, 15) is 0 Å². The van der Waals surface area contributed by atoms with Crippen LogP contribution in [0.3, 0.4) is 0 Å². The SMILES string of the molecule is c1ccc(-n2c3ccccc3c3cnc(-c4ccc5c(c4)c4ccccc4n5-c4ccc5ccccc5c4)cc32)cc1. The summed E-state index contributed by atoms with van der Waals surface area (Å²) in [5.41, 5.74) is 9.12. The second-order valence-electron chi connectivity index (χ2n) is 10.9. The quantitative estimate of drug-likeness (QED) is 0.221. The molecule has 0 N–H and O–H groups in total. The molecule has 0 saturated heterocycles. The number of hydrogen-bond donors (Lipinski definition) is 0. The Bertz CT molecular complexity index is 2460. The molecular weight excluding hydrogens is 510 g/mol. The van der Waals surface area contributed by atoms with Gasteiger partial charge in [-0.1, -0.05) is 91.0 Å². The largest absolute Gasteiger partial charge is 0.309 e. The molecule has 0 aliphatic rings. The Morgan fingerprint density at radius 1 is 0.381 bits per heavy atom. The van der Waals surface area contributed by atoms with Crippen LogP contribution < -0.4 is 0 Å². The van der Waals surface area contributed by atoms with E-state index in [2.05, 4.69) is 155 Å². The Morgan fingerprint density at radius 2 is 1.02 bits per heavy atom. The summed E-state index contributed by atoms with van der Waals surface area (Å²) in [7, 11) is 0. The van der Waals surface area contributed by atoms with Gasteiger partial charge in [0, 0.05) is 44.7 Å². The maximum Gasteiger partial charge on any atom is 0.0723 e. The molecule has 3 heterocycles. The van der Waals surface area contributed by atoms with Gasteiger partial charge in [-0.25, -0.2) is 0 Å². The fraction of sp³-hybridized carbons (Fsp3) is 0. The van der Waals surface area contributed by atoms with Crippen LogP contribution in [-0.4, -0.2) is 14.1 Å². The zero-order valence-electron chi connectivity index (χ0n) is 22.8. The molecule has 3 aromatic heterocycles. The standard InChI is InChI=1S/C39H25N3/c1-2-12-29(13-3-1)41-37-17-9-7-15-32(37)34-25-40-35(24-39(34)41)28-19-21-38-33(23-28)31-14-6-8-16-36(31)42(38)30-20-18-26-10-4-5-11-27(26)22-30/h1-25H. The minimum absolute atomic E-state index is 0.965. The van der Waals surface area contributed by atoms with Crippen LogP contribution in [0.2, 0.25) is 0 Å². The third-order valence-electron chi connectivity index (χ3n) is 8.53. The predicted octanol–water partition coefficient (Wildman–Crippen LogP) is 10.1. The number of benzene rings is 6. The van der Waals surface area contributed by atoms with Crippen molar-refractivity contribution in [2.75, 3.05) is 0 Å². The summed E-state index contributed by atoms with van der Waals surface area (Å²) >= 11 is 0. The van der Waals surface area contributed by atoms with Gasteiger partial charge in [-0.15, -0.1) is 0 Å². The van der Waals surface area contributed by atoms with E-state index in [1.54, 1.807) is 0 Å². The Balaban J connectivity index is 1.27. The molecule has 3 nitrogen and oxygen atoms in total. The molecule has 42 heavy (non-hydrogen) atoms. The second-order valence-corrected chi connectivity index (χ2v) is 10.9. The van der Waals surface area contributed by atoms with Crippen LogP contribution >= 0.6 is 0 Å². The first-order chi connectivity index (χ1) is 20.8. The second kappa shape index (κ2) is 8.92. The maximum absolute atomic E-state index is 5.00. The smallest absolute Gasteiger partial charge is 0.0723 e. The molecule has 0 atom stereocenters. The highest BCUT2D eigenvalue weighted by atomic mass is 15.0. The summed E-state index contributed by atoms with van der Waals surface area (Å²) < 4.78 is 4.73. The number of nitrogens with zero attached hydrogens (tertiary/aromatic N) is 3. The lowest BCUT2D eigenvalue weighted by molar-refractivity contribution is 1.17. The third-order valence-corrected chi connectivity index (χ3v) is 8.53. The Labute approximate surface area is 242 Å². The third kappa shape index (κ3) is 3.37. The van der Waals surface area contributed by atoms with Gasteiger partial charge in [0.05, 0.1) is 27.8 Å². The van der Waals surface area contributed by atoms with E-state index in [0.29, 0.717) is 0 Å². The average molecular weight is 536 g/mol. The molecule has 9 aromatic rings. The summed E-state index contributed by atoms with van der Waals surface area (Å²) in [5.74, 6) is 0. The first-order valence-electron chi connectivity index (χ1n) is 14.3. The highest BCUT2D eigenvalue weighted by Crippen LogP contribution is 2.37. The van der Waals surface area contributed by atoms with E-state index < -0.39 is 0 Å². The van der Waals surface area contributed by atoms with Gasteiger partial charge in [0.15, 0.2) is 0 Å². The fourth-order valence-electron chi connectivity index (χ4n) is 6.60. The molecule has 0 unspecified atom stereocenters. The molecule has 0 aliphatic carbocycles. The maximum atomic E-state index is 5.00. The Morgan fingerprint density at radius 3 is 1.83 bits per heavy atom. The zero-order chi connectivity index (χ0) is 27.6. The van der Waals surface area contributed by atoms with Crippen LogP contribution in [-0.2, 0) is 0 Å². The molecule has 0 amide bonds. The number of hydrogen-bond acceptors (Lipinski definition) is 1. The van der Waals surface area contributed by atoms with Gasteiger partial charge in [0.2, 0.25) is 0 Å². The lowest BCUT2D eigenvalue weighted by Gasteiger charge is -2.10. The molecule has 0 aliphatic heterocycles. The van der Waals surface area contributed by atoms with Gasteiger partial charge in [-0.2, -0.15) is 0 Å². The molecule has 0 fully saturated rings. The van der Waals surface area contributed by atoms with Crippen molar-refractivity contribution in [3.63, 3.8) is 0 Å². The van der Waals surface area contributed by atoms with Crippen LogP contribution in [0.25, 0.3) is 77.0 Å². The van der Waals surface area contributed by atoms with Gasteiger partial charge >= 0.3 is 0 Å². The molecular formula is C39H25N3. The lowest BCUT2D eigenvalue weighted by Crippen LogP contribution is -1.94. The first-order valence-corrected chi connectivity index (χ1v) is 14.3. The predicted molar refractivity (Wildman–Crippen MR) is 176 cm³/mol. The van der Waals surface area contributed by atoms with Crippen molar-refractivity contribution in [1.29, 1.82) is 0 Å². The van der Waals surface area contributed by atoms with Crippen molar-refractivity contribution < 1.29 is 0 Å². The molecule has 0 saturated carbocycles. The van der Waals surface area contributed by atoms with Crippen LogP contribution in [0.4, 0.5) is 0 Å². The first kappa shape index (κ1) is 23.1. The van der Waals surface area contributed by atoms with E-state index in [0.717, 1.165) is 27.8 Å². The molecule has 9 rings (SSSR count). The topological polar surface area (TPSA) is 22.8 Å². The van der Waals surface area contributed by atoms with Crippen molar-refractivity contribution in [3.8, 4) is 22.6 Å². The van der Waals surface area contributed by atoms with Gasteiger partial charge < -0.3 is 9.13 Å². The van der Waals surface area contributed by atoms with Gasteiger partial charge in [-0.05, 0) is 65.4 Å². The molecule has 0 spiro atoms. The van der Waals surface area contributed by atoms with Crippen molar-refractivity contribution in [2.24, 2.45) is 0 Å². The summed E-state index contributed by atoms with van der Waals surface area (Å²) in [6.07, 6.45) is 2.04. The number of aromatic nitrogens is 3. The van der Waals surface area contributed by atoms with Gasteiger partial charge in [-0.3, -0.25) is 4.98 Å². The summed E-state index contributed by atoms with van der Waals surface area (Å²) in [4.78, 5) is 5.00. The van der Waals surface area contributed by atoms with E-state index in [1.807, 2.05) is 6.20 Å². The fourth-order valence-corrected chi connectivity index (χ4v) is 6.60. The highest BCUT2D eigenvalue weighted by Gasteiger charge is 2.16. The van der Waals surface area contributed by atoms with Crippen molar-refractivity contribution in [2.45, 2.75) is 0 Å². The van der Waals surface area contributed by atoms with E-state index in [1.165, 1.54) is 49.2 Å². The Hall–Kier alpha value is -5.67. The van der Waals surface area contributed by atoms with Crippen LogP contribution in [0.5, 0.6) is 0 Å². The molecule has 6 aromatic carbocycles. The minimum Gasteiger partial charge on any atom is -0.309 e. The van der Waals surface area contributed by atoms with E-state index in [-0.39, 0.29) is 0 Å². The summed E-state index contributed by atoms with van der Waals surface area (Å²) in [6.45, 7) is 0. The van der Waals surface area contributed by atoms with Crippen molar-refractivity contribution >= 4 is 54.4 Å². The number of fused-ring (bicyclic) bond motifs is 7. The molecule has 3 heteroatoms. The van der Waals surface area contributed by atoms with Crippen LogP contribution in [0.15, 0.2) is 152 Å². The zero-order valence-corrected chi connectivity index (χ0v) is 22.8. The normalized spacial score (nSPS) is 11.8. The summed E-state index contributed by atoms with van der Waals surface area (Å²) in [6, 6.07) is 52.1. The lowest BCUT2D eigenvalue weighted by atomic mass is 10.1. The Kier molecular flexibility index (Phi) is 4.90. The van der Waals surface area contributed by atoms with E-state index >= 15 is 0 Å². The monoisotopic (exact) mass is 535 g/mol. The minimum atomic E-state index is 0.965. The van der Waals surface area contributed by atoms with Crippen molar-refractivity contribution in [1.82, 2.24) is 14.1 Å². The van der Waals surface area contributed by atoms with Crippen LogP contribution in [0.1, 0.15) is 0 Å². The van der Waals surface area contributed by atoms with Crippen LogP contribution in [0, 0.1) is 0 Å². The molecule has 196 valence electrons. The number of para-hydroxylation sites is 3. The van der Waals surface area contributed by atoms with Gasteiger partial charge in [0.1, 0.15) is 0 Å². The number of pyridine rings is 1.